The van der Waals surface area contributed by atoms with Crippen LogP contribution >= 0.6 is 0 Å². The molecule has 1 saturated heterocycles. The summed E-state index contributed by atoms with van der Waals surface area (Å²) in [5.41, 5.74) is 0. The van der Waals surface area contributed by atoms with Crippen LogP contribution in [0.25, 0.3) is 0 Å². The highest BCUT2D eigenvalue weighted by Crippen LogP contribution is 2.24. The SMILES string of the molecule is C=CCN1CCC(C(CO)CO)CC1. The molecule has 0 unspecified atom stereocenters. The van der Waals surface area contributed by atoms with Crippen molar-refractivity contribution in [3.63, 3.8) is 0 Å². The molecule has 0 bridgehead atoms. The van der Waals surface area contributed by atoms with Gasteiger partial charge in [0.15, 0.2) is 0 Å². The molecule has 0 aromatic heterocycles. The smallest absolute Gasteiger partial charge is 0.0483 e. The molecular formula is C11H21NO2. The zero-order valence-electron chi connectivity index (χ0n) is 8.73. The van der Waals surface area contributed by atoms with E-state index in [1.165, 1.54) is 0 Å². The average Bonchev–Trinajstić information content (AvgIpc) is 2.23. The summed E-state index contributed by atoms with van der Waals surface area (Å²) in [7, 11) is 0. The maximum Gasteiger partial charge on any atom is 0.0483 e. The monoisotopic (exact) mass is 199 g/mol. The van der Waals surface area contributed by atoms with Crippen LogP contribution in [-0.4, -0.2) is 48.0 Å². The van der Waals surface area contributed by atoms with Crippen molar-refractivity contribution in [1.29, 1.82) is 0 Å². The normalized spacial score (nSPS) is 20.2. The van der Waals surface area contributed by atoms with Gasteiger partial charge in [-0.25, -0.2) is 0 Å². The van der Waals surface area contributed by atoms with Crippen molar-refractivity contribution in [3.8, 4) is 0 Å². The molecule has 14 heavy (non-hydrogen) atoms. The van der Waals surface area contributed by atoms with Gasteiger partial charge < -0.3 is 10.2 Å². The van der Waals surface area contributed by atoms with Crippen molar-refractivity contribution >= 4 is 0 Å². The molecule has 0 atom stereocenters. The topological polar surface area (TPSA) is 43.7 Å². The quantitative estimate of drug-likeness (QED) is 0.633. The first-order valence-corrected chi connectivity index (χ1v) is 5.36. The van der Waals surface area contributed by atoms with Crippen molar-refractivity contribution in [2.45, 2.75) is 12.8 Å². The van der Waals surface area contributed by atoms with Crippen molar-refractivity contribution in [2.24, 2.45) is 11.8 Å². The molecule has 3 nitrogen and oxygen atoms in total. The molecule has 2 N–H and O–H groups in total. The van der Waals surface area contributed by atoms with E-state index in [1.807, 2.05) is 6.08 Å². The van der Waals surface area contributed by atoms with Gasteiger partial charge in [-0.2, -0.15) is 0 Å². The molecule has 82 valence electrons. The first-order chi connectivity index (χ1) is 6.81. The fraction of sp³-hybridized carbons (Fsp3) is 0.818. The lowest BCUT2D eigenvalue weighted by Crippen LogP contribution is -2.37. The summed E-state index contributed by atoms with van der Waals surface area (Å²) in [6.45, 7) is 7.03. The highest BCUT2D eigenvalue weighted by atomic mass is 16.3. The number of rotatable bonds is 5. The predicted octanol–water partition coefficient (Wildman–Crippen LogP) is 0.485. The Bertz CT molecular complexity index is 161. The molecule has 0 amide bonds. The van der Waals surface area contributed by atoms with E-state index < -0.39 is 0 Å². The van der Waals surface area contributed by atoms with Gasteiger partial charge in [0, 0.05) is 25.7 Å². The van der Waals surface area contributed by atoms with Gasteiger partial charge in [0.1, 0.15) is 0 Å². The van der Waals surface area contributed by atoms with Crippen LogP contribution in [0.4, 0.5) is 0 Å². The zero-order valence-corrected chi connectivity index (χ0v) is 8.73. The van der Waals surface area contributed by atoms with Crippen molar-refractivity contribution in [3.05, 3.63) is 12.7 Å². The molecule has 0 saturated carbocycles. The first kappa shape index (κ1) is 11.7. The highest BCUT2D eigenvalue weighted by molar-refractivity contribution is 4.81. The van der Waals surface area contributed by atoms with Crippen molar-refractivity contribution in [2.75, 3.05) is 32.8 Å². The molecule has 0 aromatic carbocycles. The second-order valence-electron chi connectivity index (χ2n) is 4.05. The Kier molecular flexibility index (Phi) is 5.15. The van der Waals surface area contributed by atoms with Gasteiger partial charge in [-0.15, -0.1) is 6.58 Å². The molecule has 0 spiro atoms. The fourth-order valence-corrected chi connectivity index (χ4v) is 2.15. The molecular weight excluding hydrogens is 178 g/mol. The third-order valence-electron chi connectivity index (χ3n) is 3.16. The van der Waals surface area contributed by atoms with Gasteiger partial charge in [0.2, 0.25) is 0 Å². The van der Waals surface area contributed by atoms with Gasteiger partial charge >= 0.3 is 0 Å². The third-order valence-corrected chi connectivity index (χ3v) is 3.16. The summed E-state index contributed by atoms with van der Waals surface area (Å²) >= 11 is 0. The number of hydrogen-bond donors (Lipinski definition) is 2. The lowest BCUT2D eigenvalue weighted by Gasteiger charge is -2.34. The van der Waals surface area contributed by atoms with E-state index >= 15 is 0 Å². The number of aliphatic hydroxyl groups is 2. The van der Waals surface area contributed by atoms with E-state index in [4.69, 9.17) is 10.2 Å². The maximum absolute atomic E-state index is 9.06. The van der Waals surface area contributed by atoms with Gasteiger partial charge in [-0.05, 0) is 31.8 Å². The minimum absolute atomic E-state index is 0.0841. The Balaban J connectivity index is 2.30. The first-order valence-electron chi connectivity index (χ1n) is 5.36. The second kappa shape index (κ2) is 6.17. The van der Waals surface area contributed by atoms with E-state index in [2.05, 4.69) is 11.5 Å². The van der Waals surface area contributed by atoms with Gasteiger partial charge in [-0.3, -0.25) is 4.90 Å². The molecule has 0 radical (unpaired) electrons. The summed E-state index contributed by atoms with van der Waals surface area (Å²) in [6.07, 6.45) is 4.09. The van der Waals surface area contributed by atoms with Gasteiger partial charge in [-0.1, -0.05) is 6.08 Å². The number of likely N-dealkylation sites (tertiary alicyclic amines) is 1. The van der Waals surface area contributed by atoms with Crippen LogP contribution < -0.4 is 0 Å². The summed E-state index contributed by atoms with van der Waals surface area (Å²) in [5.74, 6) is 0.576. The van der Waals surface area contributed by atoms with Crippen LogP contribution in [0.2, 0.25) is 0 Å². The minimum atomic E-state index is 0.0841. The molecule has 0 aromatic rings. The van der Waals surface area contributed by atoms with E-state index in [-0.39, 0.29) is 19.1 Å². The predicted molar refractivity (Wildman–Crippen MR) is 57.0 cm³/mol. The van der Waals surface area contributed by atoms with Crippen LogP contribution in [0.1, 0.15) is 12.8 Å². The Morgan fingerprint density at radius 1 is 1.29 bits per heavy atom. The number of hydrogen-bond acceptors (Lipinski definition) is 3. The third kappa shape index (κ3) is 3.08. The van der Waals surface area contributed by atoms with Crippen LogP contribution in [0, 0.1) is 11.8 Å². The minimum Gasteiger partial charge on any atom is -0.396 e. The van der Waals surface area contributed by atoms with Crippen LogP contribution in [0.15, 0.2) is 12.7 Å². The van der Waals surface area contributed by atoms with Crippen LogP contribution in [0.3, 0.4) is 0 Å². The Morgan fingerprint density at radius 3 is 2.29 bits per heavy atom. The summed E-state index contributed by atoms with van der Waals surface area (Å²) in [5, 5.41) is 18.1. The lowest BCUT2D eigenvalue weighted by atomic mass is 9.85. The molecule has 3 heteroatoms. The van der Waals surface area contributed by atoms with E-state index in [9.17, 15) is 0 Å². The Hall–Kier alpha value is -0.380. The van der Waals surface area contributed by atoms with Crippen molar-refractivity contribution in [1.82, 2.24) is 4.90 Å². The Morgan fingerprint density at radius 2 is 1.86 bits per heavy atom. The molecule has 0 aliphatic carbocycles. The van der Waals surface area contributed by atoms with E-state index in [1.54, 1.807) is 0 Å². The number of nitrogens with zero attached hydrogens (tertiary/aromatic N) is 1. The molecule has 1 heterocycles. The van der Waals surface area contributed by atoms with Crippen molar-refractivity contribution < 1.29 is 10.2 Å². The summed E-state index contributed by atoms with van der Waals surface area (Å²) in [6, 6.07) is 0. The molecule has 1 aliphatic heterocycles. The van der Waals surface area contributed by atoms with Gasteiger partial charge in [0.25, 0.3) is 0 Å². The second-order valence-corrected chi connectivity index (χ2v) is 4.05. The molecule has 1 fully saturated rings. The highest BCUT2D eigenvalue weighted by Gasteiger charge is 2.24. The van der Waals surface area contributed by atoms with E-state index in [0.717, 1.165) is 32.5 Å². The van der Waals surface area contributed by atoms with E-state index in [0.29, 0.717) is 5.92 Å². The zero-order chi connectivity index (χ0) is 10.4. The fourth-order valence-electron chi connectivity index (χ4n) is 2.15. The summed E-state index contributed by atoms with van der Waals surface area (Å²) in [4.78, 5) is 2.36. The summed E-state index contributed by atoms with van der Waals surface area (Å²) < 4.78 is 0. The molecule has 1 aliphatic rings. The lowest BCUT2D eigenvalue weighted by molar-refractivity contribution is 0.0696. The number of piperidine rings is 1. The standard InChI is InChI=1S/C11H21NO2/c1-2-5-12-6-3-10(4-7-12)11(8-13)9-14/h2,10-11,13-14H,1,3-9H2. The maximum atomic E-state index is 9.06. The largest absolute Gasteiger partial charge is 0.396 e. The van der Waals surface area contributed by atoms with Crippen LogP contribution in [-0.2, 0) is 0 Å². The number of aliphatic hydroxyl groups excluding tert-OH is 2. The van der Waals surface area contributed by atoms with Gasteiger partial charge in [0.05, 0.1) is 0 Å². The average molecular weight is 199 g/mol. The molecule has 1 rings (SSSR count). The Labute approximate surface area is 86.0 Å². The van der Waals surface area contributed by atoms with Crippen LogP contribution in [0.5, 0.6) is 0 Å².